The molecule has 0 spiro atoms. The van der Waals surface area contributed by atoms with Crippen LogP contribution in [0.4, 0.5) is 4.39 Å². The second kappa shape index (κ2) is 7.61. The molecule has 162 valence electrons. The van der Waals surface area contributed by atoms with Crippen LogP contribution in [0.25, 0.3) is 0 Å². The van der Waals surface area contributed by atoms with E-state index in [1.807, 2.05) is 24.3 Å². The smallest absolute Gasteiger partial charge is 0.268 e. The summed E-state index contributed by atoms with van der Waals surface area (Å²) in [5, 5.41) is 0. The molecule has 7 nitrogen and oxygen atoms in total. The number of halogens is 1. The number of aromatic nitrogens is 1. The van der Waals surface area contributed by atoms with Crippen LogP contribution in [0.5, 0.6) is 0 Å². The normalized spacial score (nSPS) is 16.2. The van der Waals surface area contributed by atoms with Crippen molar-refractivity contribution < 1.29 is 22.4 Å². The molecule has 3 heterocycles. The van der Waals surface area contributed by atoms with Gasteiger partial charge in [-0.05, 0) is 47.4 Å². The van der Waals surface area contributed by atoms with Crippen molar-refractivity contribution in [2.75, 3.05) is 6.54 Å². The summed E-state index contributed by atoms with van der Waals surface area (Å²) < 4.78 is 42.4. The molecule has 3 aromatic rings. The molecular formula is C23H18FN3O4S. The minimum atomic E-state index is -4.07. The molecule has 0 saturated heterocycles. The molecule has 0 bridgehead atoms. The van der Waals surface area contributed by atoms with E-state index in [4.69, 9.17) is 0 Å². The van der Waals surface area contributed by atoms with Gasteiger partial charge in [-0.2, -0.15) is 4.31 Å². The van der Waals surface area contributed by atoms with Crippen molar-refractivity contribution in [3.8, 4) is 0 Å². The highest BCUT2D eigenvalue weighted by atomic mass is 32.2. The van der Waals surface area contributed by atoms with Crippen molar-refractivity contribution in [1.82, 2.24) is 14.2 Å². The number of rotatable bonds is 4. The SMILES string of the molecule is O=C1c2cccnc2C(=O)N1Cc1ccc(F)cc1S(=O)(=O)N1CCc2ccccc2C1. The van der Waals surface area contributed by atoms with Crippen molar-refractivity contribution in [2.45, 2.75) is 24.4 Å². The molecule has 0 unspecified atom stereocenters. The first-order valence-corrected chi connectivity index (χ1v) is 11.5. The molecule has 0 N–H and O–H groups in total. The van der Waals surface area contributed by atoms with E-state index in [2.05, 4.69) is 4.98 Å². The topological polar surface area (TPSA) is 87.6 Å². The first-order chi connectivity index (χ1) is 15.4. The van der Waals surface area contributed by atoms with Crippen LogP contribution in [0.15, 0.2) is 65.7 Å². The maximum atomic E-state index is 14.1. The minimum Gasteiger partial charge on any atom is -0.268 e. The molecule has 5 rings (SSSR count). The van der Waals surface area contributed by atoms with Crippen molar-refractivity contribution in [3.63, 3.8) is 0 Å². The van der Waals surface area contributed by atoms with E-state index in [0.717, 1.165) is 28.2 Å². The second-order valence-electron chi connectivity index (χ2n) is 7.71. The predicted molar refractivity (Wildman–Crippen MR) is 113 cm³/mol. The van der Waals surface area contributed by atoms with Gasteiger partial charge in [0.05, 0.1) is 17.0 Å². The van der Waals surface area contributed by atoms with Crippen molar-refractivity contribution in [2.24, 2.45) is 0 Å². The van der Waals surface area contributed by atoms with Gasteiger partial charge in [0.1, 0.15) is 11.5 Å². The van der Waals surface area contributed by atoms with Crippen molar-refractivity contribution >= 4 is 21.8 Å². The fourth-order valence-electron chi connectivity index (χ4n) is 4.14. The fraction of sp³-hybridized carbons (Fsp3) is 0.174. The molecule has 2 aliphatic heterocycles. The molecule has 32 heavy (non-hydrogen) atoms. The zero-order valence-corrected chi connectivity index (χ0v) is 17.7. The Hall–Kier alpha value is -3.43. The Kier molecular flexibility index (Phi) is 4.87. The Morgan fingerprint density at radius 3 is 2.53 bits per heavy atom. The fourth-order valence-corrected chi connectivity index (χ4v) is 5.79. The van der Waals surface area contributed by atoms with Gasteiger partial charge >= 0.3 is 0 Å². The molecule has 2 aromatic carbocycles. The summed E-state index contributed by atoms with van der Waals surface area (Å²) >= 11 is 0. The lowest BCUT2D eigenvalue weighted by molar-refractivity contribution is 0.0639. The number of carbonyl (C=O) groups is 2. The van der Waals surface area contributed by atoms with Gasteiger partial charge in [-0.25, -0.2) is 12.8 Å². The molecule has 0 aliphatic carbocycles. The monoisotopic (exact) mass is 451 g/mol. The molecule has 0 radical (unpaired) electrons. The zero-order valence-electron chi connectivity index (χ0n) is 16.9. The van der Waals surface area contributed by atoms with E-state index in [0.29, 0.717) is 6.42 Å². The van der Waals surface area contributed by atoms with Crippen molar-refractivity contribution in [1.29, 1.82) is 0 Å². The van der Waals surface area contributed by atoms with Gasteiger partial charge in [0, 0.05) is 19.3 Å². The number of nitrogens with zero attached hydrogens (tertiary/aromatic N) is 3. The summed E-state index contributed by atoms with van der Waals surface area (Å²) in [6.45, 7) is 0.130. The molecule has 9 heteroatoms. The molecule has 2 aliphatic rings. The van der Waals surface area contributed by atoms with E-state index in [1.54, 1.807) is 6.07 Å². The Morgan fingerprint density at radius 2 is 1.75 bits per heavy atom. The van der Waals surface area contributed by atoms with Crippen LogP contribution >= 0.6 is 0 Å². The van der Waals surface area contributed by atoms with Gasteiger partial charge in [-0.1, -0.05) is 30.3 Å². The van der Waals surface area contributed by atoms with E-state index < -0.39 is 27.7 Å². The number of benzene rings is 2. The average molecular weight is 451 g/mol. The summed E-state index contributed by atoms with van der Waals surface area (Å²) in [7, 11) is -4.07. The zero-order chi connectivity index (χ0) is 22.5. The van der Waals surface area contributed by atoms with E-state index in [9.17, 15) is 22.4 Å². The standard InChI is InChI=1S/C23H18FN3O4S/c24-18-8-7-17(14-27-22(28)19-6-3-10-25-21(19)23(27)29)20(12-18)32(30,31)26-11-9-15-4-1-2-5-16(15)13-26/h1-8,10,12H,9,11,13-14H2. The van der Waals surface area contributed by atoms with Crippen LogP contribution in [0, 0.1) is 5.82 Å². The van der Waals surface area contributed by atoms with E-state index >= 15 is 0 Å². The number of carbonyl (C=O) groups excluding carboxylic acids is 2. The number of imide groups is 1. The average Bonchev–Trinajstić information content (AvgIpc) is 3.04. The largest absolute Gasteiger partial charge is 0.280 e. The highest BCUT2D eigenvalue weighted by Gasteiger charge is 2.38. The molecule has 0 atom stereocenters. The van der Waals surface area contributed by atoms with Gasteiger partial charge in [-0.15, -0.1) is 0 Å². The number of pyridine rings is 1. The van der Waals surface area contributed by atoms with Crippen LogP contribution in [-0.4, -0.2) is 41.0 Å². The summed E-state index contributed by atoms with van der Waals surface area (Å²) in [6, 6.07) is 14.0. The van der Waals surface area contributed by atoms with E-state index in [-0.39, 0.29) is 41.4 Å². The highest BCUT2D eigenvalue weighted by molar-refractivity contribution is 7.89. The number of fused-ring (bicyclic) bond motifs is 2. The third-order valence-electron chi connectivity index (χ3n) is 5.80. The Bertz CT molecular complexity index is 1340. The van der Waals surface area contributed by atoms with Gasteiger partial charge in [0.25, 0.3) is 11.8 Å². The minimum absolute atomic E-state index is 0.0247. The summed E-state index contributed by atoms with van der Waals surface area (Å²) in [6.07, 6.45) is 1.96. The Labute approximate surface area is 184 Å². The third-order valence-corrected chi connectivity index (χ3v) is 7.73. The molecular weight excluding hydrogens is 433 g/mol. The summed E-state index contributed by atoms with van der Waals surface area (Å²) in [5.41, 5.74) is 2.33. The Balaban J connectivity index is 1.50. The van der Waals surface area contributed by atoms with Crippen LogP contribution in [0.3, 0.4) is 0 Å². The number of amides is 2. The first-order valence-electron chi connectivity index (χ1n) is 10.0. The van der Waals surface area contributed by atoms with Crippen LogP contribution < -0.4 is 0 Å². The maximum absolute atomic E-state index is 14.1. The predicted octanol–water partition coefficient (Wildman–Crippen LogP) is 2.76. The second-order valence-corrected chi connectivity index (χ2v) is 9.61. The molecule has 1 aromatic heterocycles. The van der Waals surface area contributed by atoms with E-state index in [1.165, 1.54) is 22.6 Å². The third kappa shape index (κ3) is 3.30. The molecule has 0 fully saturated rings. The molecule has 2 amide bonds. The quantitative estimate of drug-likeness (QED) is 0.570. The number of hydrogen-bond acceptors (Lipinski definition) is 5. The lowest BCUT2D eigenvalue weighted by Crippen LogP contribution is -2.37. The Morgan fingerprint density at radius 1 is 0.969 bits per heavy atom. The number of hydrogen-bond donors (Lipinski definition) is 0. The highest BCUT2D eigenvalue weighted by Crippen LogP contribution is 2.30. The van der Waals surface area contributed by atoms with Crippen molar-refractivity contribution in [3.05, 3.63) is 94.6 Å². The maximum Gasteiger partial charge on any atom is 0.280 e. The van der Waals surface area contributed by atoms with Crippen LogP contribution in [0.2, 0.25) is 0 Å². The lowest BCUT2D eigenvalue weighted by Gasteiger charge is -2.29. The van der Waals surface area contributed by atoms with Gasteiger partial charge in [0.15, 0.2) is 0 Å². The lowest BCUT2D eigenvalue weighted by atomic mass is 10.0. The first kappa shape index (κ1) is 20.5. The summed E-state index contributed by atoms with van der Waals surface area (Å²) in [4.78, 5) is 30.1. The van der Waals surface area contributed by atoms with Crippen LogP contribution in [0.1, 0.15) is 37.5 Å². The summed E-state index contributed by atoms with van der Waals surface area (Å²) in [5.74, 6) is -1.88. The molecule has 0 saturated carbocycles. The van der Waals surface area contributed by atoms with Gasteiger partial charge < -0.3 is 0 Å². The van der Waals surface area contributed by atoms with Gasteiger partial charge in [-0.3, -0.25) is 19.5 Å². The van der Waals surface area contributed by atoms with Gasteiger partial charge in [0.2, 0.25) is 10.0 Å². The van der Waals surface area contributed by atoms with Crippen LogP contribution in [-0.2, 0) is 29.5 Å². The number of sulfonamides is 1.